The number of anilines is 1. The molecule has 0 radical (unpaired) electrons. The van der Waals surface area contributed by atoms with Gasteiger partial charge in [-0.1, -0.05) is 13.0 Å². The fourth-order valence-corrected chi connectivity index (χ4v) is 2.74. The van der Waals surface area contributed by atoms with Gasteiger partial charge in [0.05, 0.1) is 5.54 Å². The van der Waals surface area contributed by atoms with Crippen LogP contribution in [0.25, 0.3) is 11.5 Å². The van der Waals surface area contributed by atoms with Gasteiger partial charge in [0.1, 0.15) is 0 Å². The second-order valence-electron chi connectivity index (χ2n) is 5.24. The minimum atomic E-state index is -0.444. The largest absolute Gasteiger partial charge is 0.423 e. The van der Waals surface area contributed by atoms with E-state index in [1.165, 1.54) is 6.39 Å². The summed E-state index contributed by atoms with van der Waals surface area (Å²) in [5.41, 5.74) is 1.08. The zero-order valence-corrected chi connectivity index (χ0v) is 11.9. The molecule has 1 fully saturated rings. The molecule has 6 heteroatoms. The van der Waals surface area contributed by atoms with Crippen molar-refractivity contribution in [1.82, 2.24) is 15.5 Å². The number of rotatable bonds is 4. The fraction of sp³-hybridized carbons (Fsp3) is 0.400. The number of aromatic nitrogens is 2. The van der Waals surface area contributed by atoms with Gasteiger partial charge in [-0.15, -0.1) is 10.2 Å². The third-order valence-electron chi connectivity index (χ3n) is 4.01. The average molecular weight is 286 g/mol. The number of nitrogens with one attached hydrogen (secondary N) is 2. The quantitative estimate of drug-likeness (QED) is 0.900. The summed E-state index contributed by atoms with van der Waals surface area (Å²) < 4.78 is 5.17. The lowest BCUT2D eigenvalue weighted by molar-refractivity contribution is -0.122. The van der Waals surface area contributed by atoms with E-state index in [1.54, 1.807) is 0 Å². The second kappa shape index (κ2) is 5.65. The molecule has 2 heterocycles. The van der Waals surface area contributed by atoms with E-state index in [0.29, 0.717) is 5.89 Å². The van der Waals surface area contributed by atoms with E-state index < -0.39 is 5.54 Å². The van der Waals surface area contributed by atoms with Crippen LogP contribution in [0.1, 0.15) is 26.2 Å². The molecule has 1 saturated heterocycles. The maximum atomic E-state index is 12.5. The van der Waals surface area contributed by atoms with E-state index in [9.17, 15) is 4.79 Å². The molecule has 2 aromatic rings. The van der Waals surface area contributed by atoms with Crippen molar-refractivity contribution >= 4 is 11.6 Å². The average Bonchev–Trinajstić information content (AvgIpc) is 3.20. The first-order chi connectivity index (χ1) is 10.2. The number of carbonyl (C=O) groups excluding carboxylic acids is 1. The molecule has 6 nitrogen and oxygen atoms in total. The van der Waals surface area contributed by atoms with Crippen LogP contribution < -0.4 is 10.6 Å². The van der Waals surface area contributed by atoms with Gasteiger partial charge in [-0.05, 0) is 44.0 Å². The SMILES string of the molecule is CCC1(C(=O)Nc2cccc(-c3nnco3)c2)CCCN1. The molecule has 1 aliphatic heterocycles. The minimum Gasteiger partial charge on any atom is -0.423 e. The Hall–Kier alpha value is -2.21. The molecule has 3 rings (SSSR count). The van der Waals surface area contributed by atoms with Gasteiger partial charge < -0.3 is 15.1 Å². The number of hydrogen-bond acceptors (Lipinski definition) is 5. The molecule has 1 amide bonds. The number of hydrogen-bond donors (Lipinski definition) is 2. The lowest BCUT2D eigenvalue weighted by Crippen LogP contribution is -2.50. The first-order valence-electron chi connectivity index (χ1n) is 7.16. The highest BCUT2D eigenvalue weighted by Gasteiger charge is 2.39. The van der Waals surface area contributed by atoms with Gasteiger partial charge in [-0.25, -0.2) is 0 Å². The first kappa shape index (κ1) is 13.8. The number of benzene rings is 1. The lowest BCUT2D eigenvalue weighted by Gasteiger charge is -2.26. The zero-order chi connectivity index (χ0) is 14.7. The second-order valence-corrected chi connectivity index (χ2v) is 5.24. The highest BCUT2D eigenvalue weighted by Crippen LogP contribution is 2.26. The summed E-state index contributed by atoms with van der Waals surface area (Å²) in [6.07, 6.45) is 3.97. The summed E-state index contributed by atoms with van der Waals surface area (Å²) in [6, 6.07) is 7.42. The van der Waals surface area contributed by atoms with Crippen LogP contribution >= 0.6 is 0 Å². The number of amides is 1. The van der Waals surface area contributed by atoms with Gasteiger partial charge in [0.2, 0.25) is 18.2 Å². The molecule has 1 aromatic heterocycles. The van der Waals surface area contributed by atoms with E-state index in [2.05, 4.69) is 20.8 Å². The summed E-state index contributed by atoms with van der Waals surface area (Å²) in [7, 11) is 0. The van der Waals surface area contributed by atoms with Crippen molar-refractivity contribution in [3.05, 3.63) is 30.7 Å². The van der Waals surface area contributed by atoms with Crippen LogP contribution in [0.2, 0.25) is 0 Å². The molecule has 0 bridgehead atoms. The predicted octanol–water partition coefficient (Wildman–Crippen LogP) is 2.21. The molecule has 0 aliphatic carbocycles. The van der Waals surface area contributed by atoms with Gasteiger partial charge in [0, 0.05) is 11.3 Å². The summed E-state index contributed by atoms with van der Waals surface area (Å²) >= 11 is 0. The van der Waals surface area contributed by atoms with E-state index in [-0.39, 0.29) is 5.91 Å². The van der Waals surface area contributed by atoms with Crippen LogP contribution in [-0.2, 0) is 4.79 Å². The van der Waals surface area contributed by atoms with E-state index in [1.807, 2.05) is 31.2 Å². The molecule has 2 N–H and O–H groups in total. The lowest BCUT2D eigenvalue weighted by atomic mass is 9.93. The number of carbonyl (C=O) groups is 1. The van der Waals surface area contributed by atoms with Crippen LogP contribution in [0, 0.1) is 0 Å². The van der Waals surface area contributed by atoms with Crippen LogP contribution in [0.3, 0.4) is 0 Å². The van der Waals surface area contributed by atoms with E-state index in [4.69, 9.17) is 4.42 Å². The van der Waals surface area contributed by atoms with Crippen molar-refractivity contribution in [2.24, 2.45) is 0 Å². The monoisotopic (exact) mass is 286 g/mol. The molecule has 1 aliphatic rings. The molecule has 110 valence electrons. The Kier molecular flexibility index (Phi) is 3.70. The Morgan fingerprint density at radius 2 is 2.43 bits per heavy atom. The van der Waals surface area contributed by atoms with Gasteiger partial charge in [-0.3, -0.25) is 4.79 Å². The number of nitrogens with zero attached hydrogens (tertiary/aromatic N) is 2. The van der Waals surface area contributed by atoms with Crippen LogP contribution in [0.15, 0.2) is 35.1 Å². The Labute approximate surface area is 123 Å². The van der Waals surface area contributed by atoms with Crippen molar-refractivity contribution < 1.29 is 9.21 Å². The minimum absolute atomic E-state index is 0.0187. The predicted molar refractivity (Wildman–Crippen MR) is 78.6 cm³/mol. The molecule has 1 aromatic carbocycles. The van der Waals surface area contributed by atoms with Crippen molar-refractivity contribution in [2.45, 2.75) is 31.7 Å². The van der Waals surface area contributed by atoms with Gasteiger partial charge >= 0.3 is 0 Å². The van der Waals surface area contributed by atoms with Gasteiger partial charge in [0.25, 0.3) is 0 Å². The van der Waals surface area contributed by atoms with Crippen LogP contribution in [-0.4, -0.2) is 28.2 Å². The Bertz CT molecular complexity index is 618. The Morgan fingerprint density at radius 1 is 1.52 bits per heavy atom. The van der Waals surface area contributed by atoms with Crippen molar-refractivity contribution in [1.29, 1.82) is 0 Å². The van der Waals surface area contributed by atoms with E-state index >= 15 is 0 Å². The maximum Gasteiger partial charge on any atom is 0.247 e. The molecular weight excluding hydrogens is 268 g/mol. The zero-order valence-electron chi connectivity index (χ0n) is 11.9. The van der Waals surface area contributed by atoms with Crippen molar-refractivity contribution in [3.63, 3.8) is 0 Å². The third kappa shape index (κ3) is 2.67. The smallest absolute Gasteiger partial charge is 0.247 e. The summed E-state index contributed by atoms with van der Waals surface area (Å²) in [4.78, 5) is 12.5. The fourth-order valence-electron chi connectivity index (χ4n) is 2.74. The summed E-state index contributed by atoms with van der Waals surface area (Å²) in [6.45, 7) is 2.93. The summed E-state index contributed by atoms with van der Waals surface area (Å²) in [5.74, 6) is 0.459. The van der Waals surface area contributed by atoms with Crippen molar-refractivity contribution in [2.75, 3.05) is 11.9 Å². The highest BCUT2D eigenvalue weighted by molar-refractivity contribution is 5.98. The van der Waals surface area contributed by atoms with E-state index in [0.717, 1.165) is 37.1 Å². The molecule has 1 unspecified atom stereocenters. The van der Waals surface area contributed by atoms with Gasteiger partial charge in [0.15, 0.2) is 0 Å². The van der Waals surface area contributed by atoms with Crippen molar-refractivity contribution in [3.8, 4) is 11.5 Å². The first-order valence-corrected chi connectivity index (χ1v) is 7.16. The summed E-state index contributed by atoms with van der Waals surface area (Å²) in [5, 5.41) is 13.9. The normalized spacial score (nSPS) is 21.4. The molecule has 1 atom stereocenters. The Morgan fingerprint density at radius 3 is 3.10 bits per heavy atom. The molecule has 21 heavy (non-hydrogen) atoms. The molecule has 0 spiro atoms. The highest BCUT2D eigenvalue weighted by atomic mass is 16.4. The third-order valence-corrected chi connectivity index (χ3v) is 4.01. The topological polar surface area (TPSA) is 80.1 Å². The maximum absolute atomic E-state index is 12.5. The van der Waals surface area contributed by atoms with Crippen LogP contribution in [0.5, 0.6) is 0 Å². The van der Waals surface area contributed by atoms with Gasteiger partial charge in [-0.2, -0.15) is 0 Å². The molecule has 0 saturated carbocycles. The van der Waals surface area contributed by atoms with Crippen LogP contribution in [0.4, 0.5) is 5.69 Å². The standard InChI is InChI=1S/C15H18N4O2/c1-2-15(7-4-8-16-15)14(20)18-12-6-3-5-11(9-12)13-19-17-10-21-13/h3,5-6,9-10,16H,2,4,7-8H2,1H3,(H,18,20). The molecular formula is C15H18N4O2. The Balaban J connectivity index is 1.79.